The number of nitrogen functional groups attached to an aromatic ring is 1. The molecule has 2 aromatic rings. The maximum absolute atomic E-state index is 13.9. The molecule has 0 aliphatic carbocycles. The largest absolute Gasteiger partial charge is 0.454 e. The number of halogens is 1. The minimum absolute atomic E-state index is 0.0108. The molecule has 104 valence electrons. The van der Waals surface area contributed by atoms with Crippen LogP contribution in [0, 0.1) is 19.7 Å². The Morgan fingerprint density at radius 3 is 2.50 bits per heavy atom. The van der Waals surface area contributed by atoms with E-state index in [9.17, 15) is 9.18 Å². The molecule has 20 heavy (non-hydrogen) atoms. The average molecular weight is 274 g/mol. The molecular weight excluding hydrogens is 259 g/mol. The highest BCUT2D eigenvalue weighted by Gasteiger charge is 2.14. The Balaban J connectivity index is 2.45. The van der Waals surface area contributed by atoms with Crippen LogP contribution in [-0.4, -0.2) is 5.91 Å². The Hall–Kier alpha value is -2.56. The van der Waals surface area contributed by atoms with Gasteiger partial charge in [-0.15, -0.1) is 0 Å². The second-order valence-corrected chi connectivity index (χ2v) is 4.61. The van der Waals surface area contributed by atoms with E-state index in [-0.39, 0.29) is 17.0 Å². The van der Waals surface area contributed by atoms with Crippen molar-refractivity contribution in [2.24, 2.45) is 5.73 Å². The molecule has 0 atom stereocenters. The maximum Gasteiger partial charge on any atom is 0.250 e. The SMILES string of the molecule is Cc1ccc(C)c(Oc2cc(C(N)=O)c(N)cc2F)c1. The monoisotopic (exact) mass is 274 g/mol. The predicted octanol–water partition coefficient (Wildman–Crippen LogP) is 2.92. The normalized spacial score (nSPS) is 10.3. The highest BCUT2D eigenvalue weighted by molar-refractivity contribution is 5.98. The van der Waals surface area contributed by atoms with E-state index in [1.165, 1.54) is 6.07 Å². The lowest BCUT2D eigenvalue weighted by Crippen LogP contribution is -2.14. The van der Waals surface area contributed by atoms with Crippen molar-refractivity contribution in [1.82, 2.24) is 0 Å². The van der Waals surface area contributed by atoms with E-state index >= 15 is 0 Å². The third-order valence-corrected chi connectivity index (χ3v) is 2.93. The molecule has 0 aliphatic rings. The van der Waals surface area contributed by atoms with Crippen LogP contribution in [0.5, 0.6) is 11.5 Å². The predicted molar refractivity (Wildman–Crippen MR) is 75.3 cm³/mol. The molecule has 0 aliphatic heterocycles. The Morgan fingerprint density at radius 2 is 1.85 bits per heavy atom. The molecule has 0 saturated carbocycles. The number of rotatable bonds is 3. The Labute approximate surface area is 116 Å². The number of hydrogen-bond acceptors (Lipinski definition) is 3. The first-order valence-corrected chi connectivity index (χ1v) is 6.02. The van der Waals surface area contributed by atoms with Crippen LogP contribution in [0.2, 0.25) is 0 Å². The average Bonchev–Trinajstić information content (AvgIpc) is 2.36. The molecule has 4 N–H and O–H groups in total. The first-order valence-electron chi connectivity index (χ1n) is 6.02. The van der Waals surface area contributed by atoms with Crippen LogP contribution in [0.3, 0.4) is 0 Å². The topological polar surface area (TPSA) is 78.3 Å². The van der Waals surface area contributed by atoms with Crippen LogP contribution in [0.25, 0.3) is 0 Å². The summed E-state index contributed by atoms with van der Waals surface area (Å²) in [5.41, 5.74) is 12.6. The summed E-state index contributed by atoms with van der Waals surface area (Å²) in [4.78, 5) is 11.2. The number of carbonyl (C=O) groups excluding carboxylic acids is 1. The summed E-state index contributed by atoms with van der Waals surface area (Å²) in [7, 11) is 0. The van der Waals surface area contributed by atoms with E-state index in [0.29, 0.717) is 5.75 Å². The second-order valence-electron chi connectivity index (χ2n) is 4.61. The number of carbonyl (C=O) groups is 1. The summed E-state index contributed by atoms with van der Waals surface area (Å²) in [6, 6.07) is 7.83. The van der Waals surface area contributed by atoms with Crippen LogP contribution in [0.1, 0.15) is 21.5 Å². The molecule has 0 saturated heterocycles. The van der Waals surface area contributed by atoms with Gasteiger partial charge in [-0.3, -0.25) is 4.79 Å². The van der Waals surface area contributed by atoms with Gasteiger partial charge in [-0.2, -0.15) is 0 Å². The molecular formula is C15H15FN2O2. The summed E-state index contributed by atoms with van der Waals surface area (Å²) >= 11 is 0. The number of aryl methyl sites for hydroxylation is 2. The summed E-state index contributed by atoms with van der Waals surface area (Å²) < 4.78 is 19.4. The number of amides is 1. The van der Waals surface area contributed by atoms with Gasteiger partial charge in [0.15, 0.2) is 11.6 Å². The minimum Gasteiger partial charge on any atom is -0.454 e. The molecule has 4 nitrogen and oxygen atoms in total. The Kier molecular flexibility index (Phi) is 3.61. The lowest BCUT2D eigenvalue weighted by atomic mass is 10.1. The molecule has 2 aromatic carbocycles. The second kappa shape index (κ2) is 5.21. The van der Waals surface area contributed by atoms with Gasteiger partial charge >= 0.3 is 0 Å². The van der Waals surface area contributed by atoms with Crippen molar-refractivity contribution in [3.63, 3.8) is 0 Å². The summed E-state index contributed by atoms with van der Waals surface area (Å²) in [6.07, 6.45) is 0. The van der Waals surface area contributed by atoms with Crippen LogP contribution in [0.15, 0.2) is 30.3 Å². The van der Waals surface area contributed by atoms with Crippen molar-refractivity contribution in [3.05, 3.63) is 52.8 Å². The molecule has 0 bridgehead atoms. The standard InChI is InChI=1S/C15H15FN2O2/c1-8-3-4-9(2)13(5-8)20-14-6-10(15(18)19)12(17)7-11(14)16/h3-7H,17H2,1-2H3,(H2,18,19). The van der Waals surface area contributed by atoms with Crippen molar-refractivity contribution < 1.29 is 13.9 Å². The number of benzene rings is 2. The summed E-state index contributed by atoms with van der Waals surface area (Å²) in [5.74, 6) is -0.937. The van der Waals surface area contributed by atoms with Gasteiger partial charge in [0.1, 0.15) is 5.75 Å². The van der Waals surface area contributed by atoms with E-state index in [0.717, 1.165) is 17.2 Å². The highest BCUT2D eigenvalue weighted by atomic mass is 19.1. The summed E-state index contributed by atoms with van der Waals surface area (Å²) in [6.45, 7) is 3.75. The number of hydrogen-bond donors (Lipinski definition) is 2. The first-order chi connectivity index (χ1) is 9.38. The van der Waals surface area contributed by atoms with Gasteiger partial charge in [0.2, 0.25) is 0 Å². The molecule has 5 heteroatoms. The first kappa shape index (κ1) is 13.9. The number of nitrogens with two attached hydrogens (primary N) is 2. The molecule has 0 fully saturated rings. The van der Waals surface area contributed by atoms with Gasteiger partial charge in [0.25, 0.3) is 5.91 Å². The van der Waals surface area contributed by atoms with Gasteiger partial charge in [0, 0.05) is 11.8 Å². The molecule has 1 amide bonds. The molecule has 0 spiro atoms. The number of ether oxygens (including phenoxy) is 1. The molecule has 0 heterocycles. The van der Waals surface area contributed by atoms with Crippen molar-refractivity contribution in [2.45, 2.75) is 13.8 Å². The lowest BCUT2D eigenvalue weighted by molar-refractivity contribution is 0.100. The van der Waals surface area contributed by atoms with E-state index < -0.39 is 11.7 Å². The van der Waals surface area contributed by atoms with E-state index in [1.54, 1.807) is 6.07 Å². The fraction of sp³-hybridized carbons (Fsp3) is 0.133. The van der Waals surface area contributed by atoms with Gasteiger partial charge in [0.05, 0.1) is 5.56 Å². The van der Waals surface area contributed by atoms with Crippen molar-refractivity contribution >= 4 is 11.6 Å². The quantitative estimate of drug-likeness (QED) is 0.845. The molecule has 0 unspecified atom stereocenters. The van der Waals surface area contributed by atoms with Crippen LogP contribution in [-0.2, 0) is 0 Å². The van der Waals surface area contributed by atoms with Crippen LogP contribution < -0.4 is 16.2 Å². The zero-order valence-electron chi connectivity index (χ0n) is 11.2. The fourth-order valence-corrected chi connectivity index (χ4v) is 1.80. The van der Waals surface area contributed by atoms with Crippen molar-refractivity contribution in [2.75, 3.05) is 5.73 Å². The van der Waals surface area contributed by atoms with E-state index in [4.69, 9.17) is 16.2 Å². The van der Waals surface area contributed by atoms with E-state index in [2.05, 4.69) is 0 Å². The molecule has 2 rings (SSSR count). The van der Waals surface area contributed by atoms with Crippen LogP contribution >= 0.6 is 0 Å². The van der Waals surface area contributed by atoms with Gasteiger partial charge in [-0.05, 0) is 37.1 Å². The third kappa shape index (κ3) is 2.71. The minimum atomic E-state index is -0.728. The van der Waals surface area contributed by atoms with Crippen molar-refractivity contribution in [3.8, 4) is 11.5 Å². The van der Waals surface area contributed by atoms with Gasteiger partial charge in [-0.25, -0.2) is 4.39 Å². The summed E-state index contributed by atoms with van der Waals surface area (Å²) in [5, 5.41) is 0. The Bertz CT molecular complexity index is 684. The van der Waals surface area contributed by atoms with E-state index in [1.807, 2.05) is 26.0 Å². The molecule has 0 aromatic heterocycles. The number of primary amides is 1. The highest BCUT2D eigenvalue weighted by Crippen LogP contribution is 2.30. The smallest absolute Gasteiger partial charge is 0.250 e. The van der Waals surface area contributed by atoms with Gasteiger partial charge in [-0.1, -0.05) is 12.1 Å². The van der Waals surface area contributed by atoms with Crippen LogP contribution in [0.4, 0.5) is 10.1 Å². The number of anilines is 1. The Morgan fingerprint density at radius 1 is 1.15 bits per heavy atom. The third-order valence-electron chi connectivity index (χ3n) is 2.93. The zero-order valence-corrected chi connectivity index (χ0v) is 11.2. The molecule has 0 radical (unpaired) electrons. The maximum atomic E-state index is 13.9. The fourth-order valence-electron chi connectivity index (χ4n) is 1.80. The van der Waals surface area contributed by atoms with Gasteiger partial charge < -0.3 is 16.2 Å². The van der Waals surface area contributed by atoms with Crippen molar-refractivity contribution in [1.29, 1.82) is 0 Å². The zero-order chi connectivity index (χ0) is 14.9. The lowest BCUT2D eigenvalue weighted by Gasteiger charge is -2.12.